The van der Waals surface area contributed by atoms with Gasteiger partial charge in [0.1, 0.15) is 17.6 Å². The number of rotatable bonds is 4. The Hall–Kier alpha value is -3.80. The van der Waals surface area contributed by atoms with Crippen molar-refractivity contribution in [2.24, 2.45) is 0 Å². The molecule has 0 aliphatic carbocycles. The van der Waals surface area contributed by atoms with Crippen molar-refractivity contribution in [1.82, 2.24) is 19.8 Å². The molecule has 2 saturated heterocycles. The van der Waals surface area contributed by atoms with Gasteiger partial charge in [0, 0.05) is 12.1 Å². The summed E-state index contributed by atoms with van der Waals surface area (Å²) in [5.41, 5.74) is 2.74. The maximum atomic E-state index is 14.0. The largest absolute Gasteiger partial charge is 0.334 e. The fraction of sp³-hybridized carbons (Fsp3) is 0.333. The van der Waals surface area contributed by atoms with E-state index in [0.717, 1.165) is 68.0 Å². The summed E-state index contributed by atoms with van der Waals surface area (Å²) in [4.78, 5) is 26.3. The van der Waals surface area contributed by atoms with Crippen molar-refractivity contribution < 1.29 is 4.79 Å². The van der Waals surface area contributed by atoms with Crippen molar-refractivity contribution in [1.29, 1.82) is 0 Å². The molecule has 0 bridgehead atoms. The summed E-state index contributed by atoms with van der Waals surface area (Å²) in [7, 11) is 0. The van der Waals surface area contributed by atoms with Crippen LogP contribution in [0.15, 0.2) is 66.9 Å². The van der Waals surface area contributed by atoms with Crippen LogP contribution in [-0.4, -0.2) is 45.3 Å². The molecule has 2 atom stereocenters. The second-order valence-electron chi connectivity index (χ2n) is 9.15. The smallest absolute Gasteiger partial charge is 0.245 e. The normalized spacial score (nSPS) is 18.7. The van der Waals surface area contributed by atoms with Crippen molar-refractivity contribution in [3.05, 3.63) is 89.5 Å². The number of piperidine rings is 1. The molecule has 35 heavy (non-hydrogen) atoms. The zero-order valence-corrected chi connectivity index (χ0v) is 19.9. The Morgan fingerprint density at radius 1 is 0.886 bits per heavy atom. The van der Waals surface area contributed by atoms with Crippen molar-refractivity contribution in [3.8, 4) is 23.7 Å². The van der Waals surface area contributed by atoms with Crippen molar-refractivity contribution in [2.45, 2.75) is 44.2 Å². The first-order valence-electron chi connectivity index (χ1n) is 12.5. The molecule has 0 unspecified atom stereocenters. The van der Waals surface area contributed by atoms with Gasteiger partial charge in [-0.3, -0.25) is 9.69 Å². The van der Waals surface area contributed by atoms with Crippen molar-refractivity contribution in [2.75, 3.05) is 19.6 Å². The molecule has 2 fully saturated rings. The van der Waals surface area contributed by atoms with E-state index < -0.39 is 0 Å². The summed E-state index contributed by atoms with van der Waals surface area (Å²) in [5.74, 6) is 12.9. The Morgan fingerprint density at radius 2 is 1.60 bits per heavy atom. The molecule has 3 aromatic rings. The fourth-order valence-corrected chi connectivity index (χ4v) is 5.09. The maximum absolute atomic E-state index is 14.0. The predicted octanol–water partition coefficient (Wildman–Crippen LogP) is 4.70. The Balaban J connectivity index is 1.33. The van der Waals surface area contributed by atoms with Gasteiger partial charge in [0.05, 0.1) is 12.2 Å². The van der Waals surface area contributed by atoms with E-state index in [4.69, 9.17) is 0 Å². The highest BCUT2D eigenvalue weighted by atomic mass is 16.2. The third-order valence-electron chi connectivity index (χ3n) is 6.79. The van der Waals surface area contributed by atoms with Gasteiger partial charge in [0.15, 0.2) is 0 Å². The Labute approximate surface area is 207 Å². The van der Waals surface area contributed by atoms with Crippen LogP contribution in [0.1, 0.15) is 66.8 Å². The van der Waals surface area contributed by atoms with Gasteiger partial charge in [0.2, 0.25) is 5.91 Å². The number of amides is 1. The lowest BCUT2D eigenvalue weighted by molar-refractivity contribution is -0.139. The topological polar surface area (TPSA) is 52.2 Å². The Kier molecular flexibility index (Phi) is 7.27. The van der Waals surface area contributed by atoms with Gasteiger partial charge in [0.25, 0.3) is 0 Å². The third kappa shape index (κ3) is 5.48. The molecular weight excluding hydrogens is 432 g/mol. The van der Waals surface area contributed by atoms with E-state index in [9.17, 15) is 4.79 Å². The lowest BCUT2D eigenvalue weighted by atomic mass is 10.00. The summed E-state index contributed by atoms with van der Waals surface area (Å²) in [6, 6.07) is 19.7. The van der Waals surface area contributed by atoms with Crippen LogP contribution < -0.4 is 0 Å². The van der Waals surface area contributed by atoms with Gasteiger partial charge in [-0.25, -0.2) is 4.98 Å². The van der Waals surface area contributed by atoms with Gasteiger partial charge < -0.3 is 9.88 Å². The standard InChI is InChI=1S/C30H30N4O/c35-30(28(25-16-6-2-7-17-25)33-20-10-3-11-21-33)34-22-12-19-27(34)29-31-23-26(32-29)18-9-8-15-24-13-4-1-5-14-24/h1-2,4-7,13-14,16-17,23,27-28H,3,10-12,19-22H2,(H,31,32)/t27-,28-/m1/s1. The van der Waals surface area contributed by atoms with E-state index in [0.29, 0.717) is 0 Å². The quantitative estimate of drug-likeness (QED) is 0.572. The molecule has 1 amide bonds. The Morgan fingerprint density at radius 3 is 2.37 bits per heavy atom. The average Bonchev–Trinajstić information content (AvgIpc) is 3.58. The number of carbonyl (C=O) groups excluding carboxylic acids is 1. The molecule has 0 saturated carbocycles. The number of hydrogen-bond donors (Lipinski definition) is 1. The molecular formula is C30H30N4O. The average molecular weight is 463 g/mol. The number of aromatic amines is 1. The molecule has 2 aliphatic heterocycles. The van der Waals surface area contributed by atoms with Gasteiger partial charge in [-0.2, -0.15) is 0 Å². The SMILES string of the molecule is O=C([C@@H](c1ccccc1)N1CCCCC1)N1CCC[C@@H]1c1ncc(C#CC#Cc2ccccc2)[nH]1. The molecule has 1 aromatic heterocycles. The van der Waals surface area contributed by atoms with Crippen LogP contribution in [0.4, 0.5) is 0 Å². The van der Waals surface area contributed by atoms with Crippen LogP contribution in [0.25, 0.3) is 0 Å². The third-order valence-corrected chi connectivity index (χ3v) is 6.79. The number of likely N-dealkylation sites (tertiary alicyclic amines) is 2. The van der Waals surface area contributed by atoms with E-state index in [1.807, 2.05) is 53.4 Å². The number of nitrogens with zero attached hydrogens (tertiary/aromatic N) is 3. The highest BCUT2D eigenvalue weighted by Gasteiger charge is 2.38. The van der Waals surface area contributed by atoms with Gasteiger partial charge in [-0.15, -0.1) is 0 Å². The van der Waals surface area contributed by atoms with E-state index in [1.54, 1.807) is 6.20 Å². The summed E-state index contributed by atoms with van der Waals surface area (Å²) in [6.07, 6.45) is 7.15. The number of H-pyrrole nitrogens is 1. The van der Waals surface area contributed by atoms with E-state index in [2.05, 4.69) is 50.7 Å². The number of imidazole rings is 1. The summed E-state index contributed by atoms with van der Waals surface area (Å²) < 4.78 is 0. The minimum Gasteiger partial charge on any atom is -0.334 e. The van der Waals surface area contributed by atoms with Crippen LogP contribution >= 0.6 is 0 Å². The van der Waals surface area contributed by atoms with Crippen LogP contribution in [0.3, 0.4) is 0 Å². The number of hydrogen-bond acceptors (Lipinski definition) is 3. The summed E-state index contributed by atoms with van der Waals surface area (Å²) >= 11 is 0. The minimum absolute atomic E-state index is 0.0514. The van der Waals surface area contributed by atoms with Crippen LogP contribution in [0.2, 0.25) is 0 Å². The molecule has 0 spiro atoms. The molecule has 0 radical (unpaired) electrons. The second kappa shape index (κ2) is 11.1. The van der Waals surface area contributed by atoms with E-state index in [1.165, 1.54) is 6.42 Å². The molecule has 5 rings (SSSR count). The summed E-state index contributed by atoms with van der Waals surface area (Å²) in [6.45, 7) is 2.69. The molecule has 5 nitrogen and oxygen atoms in total. The van der Waals surface area contributed by atoms with Crippen LogP contribution in [0, 0.1) is 23.7 Å². The van der Waals surface area contributed by atoms with E-state index in [-0.39, 0.29) is 18.0 Å². The predicted molar refractivity (Wildman–Crippen MR) is 137 cm³/mol. The molecule has 2 aromatic carbocycles. The highest BCUT2D eigenvalue weighted by molar-refractivity contribution is 5.84. The van der Waals surface area contributed by atoms with Crippen LogP contribution in [-0.2, 0) is 4.79 Å². The van der Waals surface area contributed by atoms with Crippen LogP contribution in [0.5, 0.6) is 0 Å². The maximum Gasteiger partial charge on any atom is 0.245 e. The molecule has 176 valence electrons. The lowest BCUT2D eigenvalue weighted by Crippen LogP contribution is -2.44. The molecule has 5 heteroatoms. The number of carbonyl (C=O) groups is 1. The number of benzene rings is 2. The molecule has 2 aliphatic rings. The zero-order valence-electron chi connectivity index (χ0n) is 19.9. The summed E-state index contributed by atoms with van der Waals surface area (Å²) in [5, 5.41) is 0. The van der Waals surface area contributed by atoms with Gasteiger partial charge >= 0.3 is 0 Å². The van der Waals surface area contributed by atoms with E-state index >= 15 is 0 Å². The number of nitrogens with one attached hydrogen (secondary N) is 1. The van der Waals surface area contributed by atoms with Crippen molar-refractivity contribution >= 4 is 5.91 Å². The first-order chi connectivity index (χ1) is 17.3. The minimum atomic E-state index is -0.236. The van der Waals surface area contributed by atoms with Crippen molar-refractivity contribution in [3.63, 3.8) is 0 Å². The number of aromatic nitrogens is 2. The van der Waals surface area contributed by atoms with Gasteiger partial charge in [-0.1, -0.05) is 60.9 Å². The first-order valence-corrected chi connectivity index (χ1v) is 12.5. The highest BCUT2D eigenvalue weighted by Crippen LogP contribution is 2.35. The fourth-order valence-electron chi connectivity index (χ4n) is 5.09. The Bertz CT molecular complexity index is 1250. The molecule has 1 N–H and O–H groups in total. The second-order valence-corrected chi connectivity index (χ2v) is 9.15. The molecule has 3 heterocycles. The monoisotopic (exact) mass is 462 g/mol. The first kappa shape index (κ1) is 23.0. The van der Waals surface area contributed by atoms with Gasteiger partial charge in [-0.05, 0) is 74.2 Å². The zero-order chi connectivity index (χ0) is 23.9. The lowest BCUT2D eigenvalue weighted by Gasteiger charge is -2.37.